The second-order valence-corrected chi connectivity index (χ2v) is 8.65. The van der Waals surface area contributed by atoms with Crippen molar-refractivity contribution >= 4 is 35.2 Å². The fourth-order valence-electron chi connectivity index (χ4n) is 2.93. The Morgan fingerprint density at radius 3 is 1.56 bits per heavy atom. The van der Waals surface area contributed by atoms with Crippen LogP contribution in [0.4, 0.5) is 11.4 Å². The third kappa shape index (κ3) is 3.86. The average molecular weight is 348 g/mol. The number of benzene rings is 3. The van der Waals surface area contributed by atoms with Crippen LogP contribution in [0.5, 0.6) is 0 Å². The van der Waals surface area contributed by atoms with E-state index >= 15 is 0 Å². The third-order valence-corrected chi connectivity index (χ3v) is 6.70. The molecule has 0 atom stereocenters. The van der Waals surface area contributed by atoms with Crippen LogP contribution in [0.2, 0.25) is 0 Å². The van der Waals surface area contributed by atoms with Crippen molar-refractivity contribution in [2.24, 2.45) is 0 Å². The van der Waals surface area contributed by atoms with Crippen molar-refractivity contribution in [3.8, 4) is 0 Å². The number of hydrogen-bond donors (Lipinski definition) is 0. The Morgan fingerprint density at radius 2 is 1.12 bits per heavy atom. The van der Waals surface area contributed by atoms with Crippen molar-refractivity contribution in [3.05, 3.63) is 78.9 Å². The van der Waals surface area contributed by atoms with Crippen LogP contribution in [0.15, 0.2) is 78.9 Å². The lowest BCUT2D eigenvalue weighted by atomic mass is 10.2. The summed E-state index contributed by atoms with van der Waals surface area (Å²) in [6.45, 7) is 0. The maximum Gasteiger partial charge on any atom is 0.0447 e. The minimum absolute atomic E-state index is 0.609. The molecule has 0 saturated carbocycles. The van der Waals surface area contributed by atoms with E-state index in [9.17, 15) is 0 Å². The largest absolute Gasteiger partial charge is 0.378 e. The van der Waals surface area contributed by atoms with Gasteiger partial charge in [0.1, 0.15) is 0 Å². The highest BCUT2D eigenvalue weighted by molar-refractivity contribution is 7.80. The van der Waals surface area contributed by atoms with E-state index in [0.717, 1.165) is 0 Å². The van der Waals surface area contributed by atoms with E-state index in [1.165, 1.54) is 27.3 Å². The van der Waals surface area contributed by atoms with Crippen LogP contribution < -0.4 is 25.7 Å². The van der Waals surface area contributed by atoms with Crippen LogP contribution in [0, 0.1) is 0 Å². The molecular weight excluding hydrogens is 323 g/mol. The molecule has 0 unspecified atom stereocenters. The summed E-state index contributed by atoms with van der Waals surface area (Å²) in [5.74, 6) is 0. The molecule has 0 bridgehead atoms. The van der Waals surface area contributed by atoms with Crippen LogP contribution in [0.3, 0.4) is 0 Å². The number of hydrogen-bond acceptors (Lipinski definition) is 2. The Bertz CT molecular complexity index is 774. The molecule has 0 aliphatic carbocycles. The zero-order valence-corrected chi connectivity index (χ0v) is 16.2. The molecule has 0 aromatic heterocycles. The Hall–Kier alpha value is -2.31. The Labute approximate surface area is 152 Å². The molecule has 3 aromatic carbocycles. The van der Waals surface area contributed by atoms with Gasteiger partial charge in [-0.05, 0) is 36.7 Å². The van der Waals surface area contributed by atoms with E-state index in [2.05, 4.69) is 117 Å². The summed E-state index contributed by atoms with van der Waals surface area (Å²) in [4.78, 5) is 4.39. The van der Waals surface area contributed by atoms with Crippen molar-refractivity contribution in [2.45, 2.75) is 0 Å². The maximum absolute atomic E-state index is 2.35. The molecule has 0 heterocycles. The maximum atomic E-state index is 2.35. The molecule has 0 spiro atoms. The first-order valence-corrected chi connectivity index (χ1v) is 9.81. The summed E-state index contributed by atoms with van der Waals surface area (Å²) in [5.41, 5.74) is 2.52. The monoisotopic (exact) mass is 348 g/mol. The Kier molecular flexibility index (Phi) is 5.40. The van der Waals surface area contributed by atoms with E-state index in [-0.39, 0.29) is 0 Å². The van der Waals surface area contributed by atoms with E-state index in [0.29, 0.717) is 0 Å². The van der Waals surface area contributed by atoms with Crippen molar-refractivity contribution < 1.29 is 0 Å². The quantitative estimate of drug-likeness (QED) is 0.651. The SMILES string of the molecule is CN(C)c1ccc(N(C)C)c(P(c2ccccc2)c2ccccc2)c1. The molecule has 3 aromatic rings. The van der Waals surface area contributed by atoms with Gasteiger partial charge in [-0.2, -0.15) is 0 Å². The highest BCUT2D eigenvalue weighted by atomic mass is 31.1. The minimum Gasteiger partial charge on any atom is -0.378 e. The smallest absolute Gasteiger partial charge is 0.0447 e. The summed E-state index contributed by atoms with van der Waals surface area (Å²) in [6.07, 6.45) is 0. The van der Waals surface area contributed by atoms with Crippen LogP contribution >= 0.6 is 7.92 Å². The van der Waals surface area contributed by atoms with Crippen molar-refractivity contribution in [3.63, 3.8) is 0 Å². The van der Waals surface area contributed by atoms with E-state index in [1.807, 2.05) is 0 Å². The molecule has 128 valence electrons. The van der Waals surface area contributed by atoms with Crippen molar-refractivity contribution in [1.82, 2.24) is 0 Å². The molecule has 0 saturated heterocycles. The van der Waals surface area contributed by atoms with Gasteiger partial charge in [-0.25, -0.2) is 0 Å². The number of anilines is 2. The minimum atomic E-state index is -0.609. The molecule has 2 nitrogen and oxygen atoms in total. The molecule has 25 heavy (non-hydrogen) atoms. The molecule has 0 fully saturated rings. The van der Waals surface area contributed by atoms with Crippen LogP contribution in [-0.2, 0) is 0 Å². The zero-order chi connectivity index (χ0) is 17.8. The second kappa shape index (κ2) is 7.72. The van der Waals surface area contributed by atoms with E-state index < -0.39 is 7.92 Å². The summed E-state index contributed by atoms with van der Waals surface area (Å²) in [6, 6.07) is 28.5. The van der Waals surface area contributed by atoms with Gasteiger partial charge in [0.25, 0.3) is 0 Å². The molecule has 0 amide bonds. The zero-order valence-electron chi connectivity index (χ0n) is 15.3. The van der Waals surface area contributed by atoms with Gasteiger partial charge in [-0.15, -0.1) is 0 Å². The van der Waals surface area contributed by atoms with Crippen LogP contribution in [-0.4, -0.2) is 28.2 Å². The standard InChI is InChI=1S/C22H25N2P/c1-23(2)18-15-16-21(24(3)4)22(17-18)25(19-11-7-5-8-12-19)20-13-9-6-10-14-20/h5-17H,1-4H3. The van der Waals surface area contributed by atoms with Crippen molar-refractivity contribution in [1.29, 1.82) is 0 Å². The lowest BCUT2D eigenvalue weighted by molar-refractivity contribution is 1.12. The molecule has 3 rings (SSSR count). The highest BCUT2D eigenvalue weighted by Crippen LogP contribution is 2.37. The molecule has 0 N–H and O–H groups in total. The lowest BCUT2D eigenvalue weighted by Gasteiger charge is -2.27. The summed E-state index contributed by atoms with van der Waals surface area (Å²) in [7, 11) is 7.83. The number of nitrogens with zero attached hydrogens (tertiary/aromatic N) is 2. The van der Waals surface area contributed by atoms with E-state index in [1.54, 1.807) is 0 Å². The van der Waals surface area contributed by atoms with Crippen molar-refractivity contribution in [2.75, 3.05) is 38.0 Å². The van der Waals surface area contributed by atoms with Gasteiger partial charge < -0.3 is 9.80 Å². The van der Waals surface area contributed by atoms with Crippen LogP contribution in [0.25, 0.3) is 0 Å². The van der Waals surface area contributed by atoms with Gasteiger partial charge in [0.2, 0.25) is 0 Å². The molecule has 0 radical (unpaired) electrons. The first kappa shape index (κ1) is 17.5. The predicted octanol–water partition coefficient (Wildman–Crippen LogP) is 3.58. The average Bonchev–Trinajstić information content (AvgIpc) is 2.63. The van der Waals surface area contributed by atoms with Crippen LogP contribution in [0.1, 0.15) is 0 Å². The van der Waals surface area contributed by atoms with E-state index in [4.69, 9.17) is 0 Å². The summed E-state index contributed by atoms with van der Waals surface area (Å²) < 4.78 is 0. The second-order valence-electron chi connectivity index (χ2n) is 6.47. The fraction of sp³-hybridized carbons (Fsp3) is 0.182. The van der Waals surface area contributed by atoms with Gasteiger partial charge in [0.15, 0.2) is 0 Å². The Balaban J connectivity index is 2.24. The topological polar surface area (TPSA) is 6.48 Å². The first-order chi connectivity index (χ1) is 12.1. The van der Waals surface area contributed by atoms with Gasteiger partial charge in [-0.1, -0.05) is 60.7 Å². The van der Waals surface area contributed by atoms with Gasteiger partial charge >= 0.3 is 0 Å². The highest BCUT2D eigenvalue weighted by Gasteiger charge is 2.21. The lowest BCUT2D eigenvalue weighted by Crippen LogP contribution is -2.26. The van der Waals surface area contributed by atoms with Gasteiger partial charge in [0, 0.05) is 44.9 Å². The Morgan fingerprint density at radius 1 is 0.600 bits per heavy atom. The molecule has 0 aliphatic rings. The fourth-order valence-corrected chi connectivity index (χ4v) is 5.49. The number of rotatable bonds is 5. The molecule has 0 aliphatic heterocycles. The summed E-state index contributed by atoms with van der Waals surface area (Å²) in [5, 5.41) is 4.15. The predicted molar refractivity (Wildman–Crippen MR) is 114 cm³/mol. The molecule has 3 heteroatoms. The third-order valence-electron chi connectivity index (χ3n) is 4.23. The summed E-state index contributed by atoms with van der Waals surface area (Å²) >= 11 is 0. The first-order valence-electron chi connectivity index (χ1n) is 8.47. The van der Waals surface area contributed by atoms with Gasteiger partial charge in [-0.3, -0.25) is 0 Å². The van der Waals surface area contributed by atoms with Gasteiger partial charge in [0.05, 0.1) is 0 Å². The normalized spacial score (nSPS) is 10.8. The molecular formula is C22H25N2P.